The molecule has 1 saturated heterocycles. The molecule has 1 heterocycles. The fraction of sp³-hybridized carbons (Fsp3) is 0.400. The third kappa shape index (κ3) is 3.19. The fourth-order valence-electron chi connectivity index (χ4n) is 2.34. The van der Waals surface area contributed by atoms with E-state index in [1.165, 1.54) is 11.1 Å². The van der Waals surface area contributed by atoms with E-state index < -0.39 is 0 Å². The van der Waals surface area contributed by atoms with Crippen LogP contribution in [0.5, 0.6) is 0 Å². The van der Waals surface area contributed by atoms with E-state index in [0.717, 1.165) is 13.1 Å². The van der Waals surface area contributed by atoms with Gasteiger partial charge in [-0.25, -0.2) is 0 Å². The molecule has 0 spiro atoms. The van der Waals surface area contributed by atoms with Gasteiger partial charge in [0.05, 0.1) is 0 Å². The van der Waals surface area contributed by atoms with E-state index in [2.05, 4.69) is 32.1 Å². The van der Waals surface area contributed by atoms with Crippen molar-refractivity contribution in [2.45, 2.75) is 26.8 Å². The predicted octanol–water partition coefficient (Wildman–Crippen LogP) is 3.00. The molecular weight excluding hydrogens is 210 g/mol. The Morgan fingerprint density at radius 1 is 1.35 bits per heavy atom. The fourth-order valence-corrected chi connectivity index (χ4v) is 2.34. The van der Waals surface area contributed by atoms with Crippen LogP contribution in [0.15, 0.2) is 42.0 Å². The molecule has 0 radical (unpaired) electrons. The Bertz CT molecular complexity index is 418. The number of carbonyl (C=O) groups excluding carboxylic acids is 1. The van der Waals surface area contributed by atoms with Crippen molar-refractivity contribution in [2.75, 3.05) is 6.54 Å². The molecule has 2 heteroatoms. The van der Waals surface area contributed by atoms with Crippen molar-refractivity contribution in [3.8, 4) is 0 Å². The molecule has 0 aromatic heterocycles. The molecule has 1 aliphatic heterocycles. The van der Waals surface area contributed by atoms with E-state index in [1.807, 2.05) is 23.1 Å². The summed E-state index contributed by atoms with van der Waals surface area (Å²) < 4.78 is 0. The molecule has 17 heavy (non-hydrogen) atoms. The van der Waals surface area contributed by atoms with Crippen LogP contribution in [0, 0.1) is 5.92 Å². The molecule has 0 aliphatic carbocycles. The molecular formula is C15H19NO. The predicted molar refractivity (Wildman–Crippen MR) is 69.4 cm³/mol. The maximum Gasteiger partial charge on any atom is 0.223 e. The highest BCUT2D eigenvalue weighted by Crippen LogP contribution is 2.22. The van der Waals surface area contributed by atoms with Gasteiger partial charge in [-0.2, -0.15) is 0 Å². The number of hydrogen-bond acceptors (Lipinski definition) is 1. The Labute approximate surface area is 103 Å². The number of allylic oxidation sites excluding steroid dienone is 1. The van der Waals surface area contributed by atoms with Crippen LogP contribution >= 0.6 is 0 Å². The Hall–Kier alpha value is -1.57. The van der Waals surface area contributed by atoms with E-state index in [4.69, 9.17) is 0 Å². The number of carbonyl (C=O) groups is 1. The molecule has 1 aromatic rings. The van der Waals surface area contributed by atoms with Crippen molar-refractivity contribution >= 4 is 5.91 Å². The van der Waals surface area contributed by atoms with Crippen LogP contribution in [0.1, 0.15) is 25.8 Å². The molecule has 1 atom stereocenters. The lowest BCUT2D eigenvalue weighted by molar-refractivity contribution is -0.128. The second-order valence-corrected chi connectivity index (χ2v) is 4.97. The first-order chi connectivity index (χ1) is 8.15. The van der Waals surface area contributed by atoms with Crippen LogP contribution in [0.3, 0.4) is 0 Å². The van der Waals surface area contributed by atoms with Gasteiger partial charge in [0.25, 0.3) is 0 Å². The van der Waals surface area contributed by atoms with Crippen molar-refractivity contribution in [2.24, 2.45) is 5.92 Å². The lowest BCUT2D eigenvalue weighted by atomic mass is 10.1. The van der Waals surface area contributed by atoms with E-state index >= 15 is 0 Å². The first kappa shape index (κ1) is 11.9. The smallest absolute Gasteiger partial charge is 0.223 e. The molecule has 1 fully saturated rings. The molecule has 1 aromatic carbocycles. The minimum absolute atomic E-state index is 0.274. The van der Waals surface area contributed by atoms with Crippen molar-refractivity contribution in [3.63, 3.8) is 0 Å². The summed E-state index contributed by atoms with van der Waals surface area (Å²) >= 11 is 0. The number of likely N-dealkylation sites (tertiary alicyclic amines) is 1. The number of benzene rings is 1. The lowest BCUT2D eigenvalue weighted by Crippen LogP contribution is -2.24. The Morgan fingerprint density at radius 2 is 2.06 bits per heavy atom. The van der Waals surface area contributed by atoms with E-state index in [1.54, 1.807) is 0 Å². The van der Waals surface area contributed by atoms with E-state index in [0.29, 0.717) is 12.3 Å². The van der Waals surface area contributed by atoms with Gasteiger partial charge in [0.1, 0.15) is 0 Å². The van der Waals surface area contributed by atoms with Gasteiger partial charge in [0.15, 0.2) is 0 Å². The van der Waals surface area contributed by atoms with Crippen molar-refractivity contribution in [3.05, 3.63) is 47.5 Å². The Kier molecular flexibility index (Phi) is 3.62. The summed E-state index contributed by atoms with van der Waals surface area (Å²) in [6, 6.07) is 10.2. The molecule has 1 unspecified atom stereocenters. The van der Waals surface area contributed by atoms with Crippen LogP contribution in [-0.2, 0) is 11.3 Å². The number of amides is 1. The maximum absolute atomic E-state index is 11.9. The molecule has 1 aliphatic rings. The summed E-state index contributed by atoms with van der Waals surface area (Å²) in [6.07, 6.45) is 2.88. The highest BCUT2D eigenvalue weighted by molar-refractivity contribution is 5.79. The average molecular weight is 229 g/mol. The average Bonchev–Trinajstić information content (AvgIpc) is 2.59. The zero-order valence-corrected chi connectivity index (χ0v) is 10.5. The Morgan fingerprint density at radius 3 is 2.71 bits per heavy atom. The van der Waals surface area contributed by atoms with Gasteiger partial charge in [-0.1, -0.05) is 42.0 Å². The van der Waals surface area contributed by atoms with Gasteiger partial charge in [-0.3, -0.25) is 4.79 Å². The minimum atomic E-state index is 0.274. The van der Waals surface area contributed by atoms with Gasteiger partial charge in [-0.15, -0.1) is 0 Å². The second kappa shape index (κ2) is 5.17. The van der Waals surface area contributed by atoms with Crippen LogP contribution in [0.2, 0.25) is 0 Å². The van der Waals surface area contributed by atoms with Gasteiger partial charge >= 0.3 is 0 Å². The lowest BCUT2D eigenvalue weighted by Gasteiger charge is -2.16. The van der Waals surface area contributed by atoms with Gasteiger partial charge in [0, 0.05) is 25.4 Å². The normalized spacial score (nSPS) is 19.5. The van der Waals surface area contributed by atoms with Gasteiger partial charge in [-0.05, 0) is 19.4 Å². The zero-order valence-electron chi connectivity index (χ0n) is 10.5. The topological polar surface area (TPSA) is 20.3 Å². The molecule has 0 N–H and O–H groups in total. The molecule has 2 rings (SSSR count). The minimum Gasteiger partial charge on any atom is -0.338 e. The van der Waals surface area contributed by atoms with Crippen LogP contribution < -0.4 is 0 Å². The highest BCUT2D eigenvalue weighted by Gasteiger charge is 2.27. The van der Waals surface area contributed by atoms with Gasteiger partial charge < -0.3 is 4.90 Å². The summed E-state index contributed by atoms with van der Waals surface area (Å²) in [5.74, 6) is 0.674. The molecule has 1 amide bonds. The van der Waals surface area contributed by atoms with Crippen LogP contribution in [0.25, 0.3) is 0 Å². The summed E-state index contributed by atoms with van der Waals surface area (Å²) in [5, 5.41) is 0. The third-order valence-electron chi connectivity index (χ3n) is 3.03. The first-order valence-electron chi connectivity index (χ1n) is 6.12. The SMILES string of the molecule is CC(C)=CC1CC(=O)N(Cc2ccccc2)C1. The number of rotatable bonds is 3. The second-order valence-electron chi connectivity index (χ2n) is 4.97. The first-order valence-corrected chi connectivity index (χ1v) is 6.12. The maximum atomic E-state index is 11.9. The van der Waals surface area contributed by atoms with Crippen LogP contribution in [0.4, 0.5) is 0 Å². The third-order valence-corrected chi connectivity index (χ3v) is 3.03. The molecule has 90 valence electrons. The van der Waals surface area contributed by atoms with Crippen molar-refractivity contribution in [1.29, 1.82) is 0 Å². The summed E-state index contributed by atoms with van der Waals surface area (Å²) in [4.78, 5) is 13.8. The summed E-state index contributed by atoms with van der Waals surface area (Å²) in [6.45, 7) is 5.78. The number of hydrogen-bond donors (Lipinski definition) is 0. The molecule has 0 saturated carbocycles. The summed E-state index contributed by atoms with van der Waals surface area (Å²) in [7, 11) is 0. The summed E-state index contributed by atoms with van der Waals surface area (Å²) in [5.41, 5.74) is 2.50. The monoisotopic (exact) mass is 229 g/mol. The van der Waals surface area contributed by atoms with E-state index in [-0.39, 0.29) is 5.91 Å². The van der Waals surface area contributed by atoms with E-state index in [9.17, 15) is 4.79 Å². The van der Waals surface area contributed by atoms with Crippen LogP contribution in [-0.4, -0.2) is 17.4 Å². The largest absolute Gasteiger partial charge is 0.338 e. The molecule has 2 nitrogen and oxygen atoms in total. The molecule has 0 bridgehead atoms. The van der Waals surface area contributed by atoms with Crippen molar-refractivity contribution in [1.82, 2.24) is 4.90 Å². The quantitative estimate of drug-likeness (QED) is 0.730. The highest BCUT2D eigenvalue weighted by atomic mass is 16.2. The standard InChI is InChI=1S/C15H19NO/c1-12(2)8-14-9-15(17)16(11-14)10-13-6-4-3-5-7-13/h3-8,14H,9-11H2,1-2H3. The zero-order chi connectivity index (χ0) is 12.3. The van der Waals surface area contributed by atoms with Gasteiger partial charge in [0.2, 0.25) is 5.91 Å². The number of nitrogens with zero attached hydrogens (tertiary/aromatic N) is 1. The Balaban J connectivity index is 1.99. The van der Waals surface area contributed by atoms with Crippen molar-refractivity contribution < 1.29 is 4.79 Å².